The molecule has 1 aromatic heterocycles. The second-order valence-corrected chi connectivity index (χ2v) is 3.98. The number of hydrogen-bond acceptors (Lipinski definition) is 2. The van der Waals surface area contributed by atoms with Gasteiger partial charge < -0.3 is 5.73 Å². The van der Waals surface area contributed by atoms with E-state index in [2.05, 4.69) is 5.10 Å². The summed E-state index contributed by atoms with van der Waals surface area (Å²) < 4.78 is 15.0. The van der Waals surface area contributed by atoms with E-state index in [9.17, 15) is 4.39 Å². The monoisotopic (exact) mass is 232 g/mol. The molecule has 0 bridgehead atoms. The smallest absolute Gasteiger partial charge is 0.124 e. The lowest BCUT2D eigenvalue weighted by molar-refractivity contribution is 0.619. The third kappa shape index (κ3) is 2.69. The molecule has 17 heavy (non-hydrogen) atoms. The summed E-state index contributed by atoms with van der Waals surface area (Å²) in [6.07, 6.45) is 3.61. The Labute approximate surface area is 98.4 Å². The van der Waals surface area contributed by atoms with E-state index in [4.69, 9.17) is 11.1 Å². The predicted molar refractivity (Wildman–Crippen MR) is 63.5 cm³/mol. The normalized spacial score (nSPS) is 10.5. The van der Waals surface area contributed by atoms with E-state index in [1.54, 1.807) is 16.9 Å². The maximum Gasteiger partial charge on any atom is 0.124 e. The number of halogens is 1. The first-order valence-corrected chi connectivity index (χ1v) is 5.17. The zero-order valence-electron chi connectivity index (χ0n) is 9.44. The number of rotatable bonds is 3. The fourth-order valence-electron chi connectivity index (χ4n) is 1.64. The summed E-state index contributed by atoms with van der Waals surface area (Å²) >= 11 is 0. The molecule has 1 heterocycles. The summed E-state index contributed by atoms with van der Waals surface area (Å²) in [7, 11) is 0. The number of hydrogen-bond donors (Lipinski definition) is 2. The fourth-order valence-corrected chi connectivity index (χ4v) is 1.64. The van der Waals surface area contributed by atoms with Crippen molar-refractivity contribution in [3.05, 3.63) is 53.1 Å². The average Bonchev–Trinajstić information content (AvgIpc) is 2.63. The number of nitrogens with one attached hydrogen (secondary N) is 1. The summed E-state index contributed by atoms with van der Waals surface area (Å²) in [5, 5.41) is 11.4. The maximum absolute atomic E-state index is 13.3. The van der Waals surface area contributed by atoms with E-state index < -0.39 is 5.82 Å². The highest BCUT2D eigenvalue weighted by Gasteiger charge is 2.04. The Bertz CT molecular complexity index is 559. The average molecular weight is 232 g/mol. The van der Waals surface area contributed by atoms with E-state index in [1.165, 1.54) is 12.1 Å². The molecule has 0 amide bonds. The molecule has 0 fully saturated rings. The zero-order chi connectivity index (χ0) is 12.4. The minimum atomic E-state index is -0.392. The van der Waals surface area contributed by atoms with Crippen LogP contribution in [0.15, 0.2) is 30.6 Å². The molecule has 2 aromatic rings. The van der Waals surface area contributed by atoms with Crippen molar-refractivity contribution in [1.29, 1.82) is 5.41 Å². The standard InChI is InChI=1S/C12H13FN4/c1-8-5-16-17(6-8)7-9-2-10(12(14)15)4-11(13)3-9/h2-6H,7H2,1H3,(H3,14,15). The van der Waals surface area contributed by atoms with Gasteiger partial charge in [-0.1, -0.05) is 0 Å². The van der Waals surface area contributed by atoms with Gasteiger partial charge in [-0.15, -0.1) is 0 Å². The van der Waals surface area contributed by atoms with E-state index in [-0.39, 0.29) is 5.84 Å². The van der Waals surface area contributed by atoms with Crippen LogP contribution >= 0.6 is 0 Å². The molecule has 0 radical (unpaired) electrons. The molecule has 1 aromatic carbocycles. The van der Waals surface area contributed by atoms with Gasteiger partial charge in [0.2, 0.25) is 0 Å². The lowest BCUT2D eigenvalue weighted by atomic mass is 10.1. The van der Waals surface area contributed by atoms with E-state index in [1.807, 2.05) is 13.1 Å². The Hall–Kier alpha value is -2.17. The van der Waals surface area contributed by atoms with Gasteiger partial charge in [0.15, 0.2) is 0 Å². The van der Waals surface area contributed by atoms with Crippen LogP contribution in [-0.4, -0.2) is 15.6 Å². The third-order valence-corrected chi connectivity index (χ3v) is 2.38. The Morgan fingerprint density at radius 3 is 2.82 bits per heavy atom. The number of amidine groups is 1. The van der Waals surface area contributed by atoms with Gasteiger partial charge in [0, 0.05) is 11.8 Å². The van der Waals surface area contributed by atoms with Crippen molar-refractivity contribution in [3.8, 4) is 0 Å². The minimum absolute atomic E-state index is 0.137. The van der Waals surface area contributed by atoms with Crippen molar-refractivity contribution in [3.63, 3.8) is 0 Å². The van der Waals surface area contributed by atoms with Gasteiger partial charge >= 0.3 is 0 Å². The highest BCUT2D eigenvalue weighted by atomic mass is 19.1. The van der Waals surface area contributed by atoms with Crippen molar-refractivity contribution >= 4 is 5.84 Å². The van der Waals surface area contributed by atoms with Gasteiger partial charge in [-0.05, 0) is 36.2 Å². The van der Waals surface area contributed by atoms with Gasteiger partial charge in [0.25, 0.3) is 0 Å². The molecule has 3 N–H and O–H groups in total. The van der Waals surface area contributed by atoms with Gasteiger partial charge in [-0.25, -0.2) is 4.39 Å². The Morgan fingerprint density at radius 1 is 1.47 bits per heavy atom. The predicted octanol–water partition coefficient (Wildman–Crippen LogP) is 1.66. The molecule has 0 atom stereocenters. The van der Waals surface area contributed by atoms with E-state index >= 15 is 0 Å². The number of aryl methyl sites for hydroxylation is 1. The SMILES string of the molecule is Cc1cnn(Cc2cc(F)cc(C(=N)N)c2)c1. The summed E-state index contributed by atoms with van der Waals surface area (Å²) in [6, 6.07) is 4.37. The largest absolute Gasteiger partial charge is 0.384 e. The summed E-state index contributed by atoms with van der Waals surface area (Å²) in [6.45, 7) is 2.40. The van der Waals surface area contributed by atoms with Crippen LogP contribution in [0.4, 0.5) is 4.39 Å². The molecular formula is C12H13FN4. The number of aromatic nitrogens is 2. The van der Waals surface area contributed by atoms with Crippen LogP contribution in [-0.2, 0) is 6.54 Å². The minimum Gasteiger partial charge on any atom is -0.384 e. The zero-order valence-corrected chi connectivity index (χ0v) is 9.44. The molecule has 0 aliphatic rings. The van der Waals surface area contributed by atoms with Crippen molar-refractivity contribution in [1.82, 2.24) is 9.78 Å². The molecule has 0 spiro atoms. The Balaban J connectivity index is 2.29. The molecule has 2 rings (SSSR count). The molecule has 0 unspecified atom stereocenters. The molecule has 0 saturated carbocycles. The van der Waals surface area contributed by atoms with Crippen LogP contribution in [0.1, 0.15) is 16.7 Å². The highest BCUT2D eigenvalue weighted by molar-refractivity contribution is 5.95. The van der Waals surface area contributed by atoms with Crippen LogP contribution in [0.2, 0.25) is 0 Å². The molecule has 4 nitrogen and oxygen atoms in total. The maximum atomic E-state index is 13.3. The Kier molecular flexibility index (Phi) is 2.91. The first-order chi connectivity index (χ1) is 8.04. The van der Waals surface area contributed by atoms with Crippen LogP contribution in [0.25, 0.3) is 0 Å². The van der Waals surface area contributed by atoms with Gasteiger partial charge in [0.1, 0.15) is 11.7 Å². The molecular weight excluding hydrogens is 219 g/mol. The lowest BCUT2D eigenvalue weighted by Crippen LogP contribution is -2.12. The third-order valence-electron chi connectivity index (χ3n) is 2.38. The van der Waals surface area contributed by atoms with Crippen molar-refractivity contribution in [2.75, 3.05) is 0 Å². The number of nitrogens with two attached hydrogens (primary N) is 1. The van der Waals surface area contributed by atoms with Gasteiger partial charge in [0.05, 0.1) is 12.7 Å². The molecule has 0 aliphatic carbocycles. The Morgan fingerprint density at radius 2 is 2.24 bits per heavy atom. The molecule has 88 valence electrons. The quantitative estimate of drug-likeness (QED) is 0.624. The highest BCUT2D eigenvalue weighted by Crippen LogP contribution is 2.10. The van der Waals surface area contributed by atoms with Crippen LogP contribution in [0.5, 0.6) is 0 Å². The second kappa shape index (κ2) is 4.37. The number of nitrogen functional groups attached to an aromatic ring is 1. The van der Waals surface area contributed by atoms with Gasteiger partial charge in [-0.3, -0.25) is 10.1 Å². The first-order valence-electron chi connectivity index (χ1n) is 5.17. The van der Waals surface area contributed by atoms with Gasteiger partial charge in [-0.2, -0.15) is 5.10 Å². The summed E-state index contributed by atoms with van der Waals surface area (Å²) in [4.78, 5) is 0. The van der Waals surface area contributed by atoms with E-state index in [0.717, 1.165) is 11.1 Å². The van der Waals surface area contributed by atoms with Crippen molar-refractivity contribution in [2.24, 2.45) is 5.73 Å². The van der Waals surface area contributed by atoms with Crippen molar-refractivity contribution in [2.45, 2.75) is 13.5 Å². The summed E-state index contributed by atoms with van der Waals surface area (Å²) in [5.74, 6) is -0.529. The van der Waals surface area contributed by atoms with E-state index in [0.29, 0.717) is 12.1 Å². The number of nitrogens with zero attached hydrogens (tertiary/aromatic N) is 2. The fraction of sp³-hybridized carbons (Fsp3) is 0.167. The number of benzene rings is 1. The first kappa shape index (κ1) is 11.3. The molecule has 5 heteroatoms. The van der Waals surface area contributed by atoms with Crippen LogP contribution < -0.4 is 5.73 Å². The van der Waals surface area contributed by atoms with Crippen molar-refractivity contribution < 1.29 is 4.39 Å². The van der Waals surface area contributed by atoms with Crippen LogP contribution in [0, 0.1) is 18.2 Å². The molecule has 0 aliphatic heterocycles. The lowest BCUT2D eigenvalue weighted by Gasteiger charge is -2.05. The molecule has 0 saturated heterocycles. The van der Waals surface area contributed by atoms with Crippen LogP contribution in [0.3, 0.4) is 0 Å². The summed E-state index contributed by atoms with van der Waals surface area (Å²) in [5.41, 5.74) is 7.52. The second-order valence-electron chi connectivity index (χ2n) is 3.98. The topological polar surface area (TPSA) is 67.7 Å².